The number of carbonyl (C=O) groups excluding carboxylic acids is 1. The molecule has 0 unspecified atom stereocenters. The lowest BCUT2D eigenvalue weighted by Gasteiger charge is -2.29. The fraction of sp³-hybridized carbons (Fsp3) is 0.538. The van der Waals surface area contributed by atoms with Gasteiger partial charge in [-0.3, -0.25) is 4.98 Å². The Hall–Kier alpha value is -1.63. The second kappa shape index (κ2) is 6.69. The van der Waals surface area contributed by atoms with Crippen molar-refractivity contribution in [2.75, 3.05) is 13.3 Å². The van der Waals surface area contributed by atoms with Gasteiger partial charge in [-0.05, 0) is 31.5 Å². The van der Waals surface area contributed by atoms with Gasteiger partial charge in [0.25, 0.3) is 0 Å². The molecule has 2 amide bonds. The van der Waals surface area contributed by atoms with Crippen molar-refractivity contribution in [3.05, 3.63) is 30.1 Å². The van der Waals surface area contributed by atoms with Crippen molar-refractivity contribution < 1.29 is 13.2 Å². The number of amides is 2. The highest BCUT2D eigenvalue weighted by molar-refractivity contribution is 7.91. The number of sulfone groups is 1. The van der Waals surface area contributed by atoms with Gasteiger partial charge in [-0.2, -0.15) is 0 Å². The van der Waals surface area contributed by atoms with Gasteiger partial charge in [0.2, 0.25) is 0 Å². The Kier molecular flexibility index (Phi) is 5.50. The van der Waals surface area contributed by atoms with E-state index >= 15 is 0 Å². The van der Waals surface area contributed by atoms with Gasteiger partial charge in [-0.15, -0.1) is 0 Å². The van der Waals surface area contributed by atoms with E-state index in [1.165, 1.54) is 11.2 Å². The first-order chi connectivity index (χ1) is 9.23. The van der Waals surface area contributed by atoms with Crippen LogP contribution >= 0.6 is 0 Å². The second-order valence-electron chi connectivity index (χ2n) is 4.90. The van der Waals surface area contributed by atoms with Crippen LogP contribution in [0.15, 0.2) is 24.5 Å². The monoisotopic (exact) mass is 299 g/mol. The van der Waals surface area contributed by atoms with Crippen LogP contribution in [0.1, 0.15) is 19.4 Å². The summed E-state index contributed by atoms with van der Waals surface area (Å²) in [6.07, 6.45) is 4.48. The van der Waals surface area contributed by atoms with Crippen LogP contribution < -0.4 is 5.32 Å². The maximum Gasteiger partial charge on any atom is 0.317 e. The highest BCUT2D eigenvalue weighted by Gasteiger charge is 2.27. The van der Waals surface area contributed by atoms with Crippen LogP contribution in [0.25, 0.3) is 0 Å². The molecule has 0 aliphatic rings. The molecular formula is C13H21N3O3S. The third kappa shape index (κ3) is 4.48. The summed E-state index contributed by atoms with van der Waals surface area (Å²) in [6, 6.07) is 2.92. The summed E-state index contributed by atoms with van der Waals surface area (Å²) in [7, 11) is -1.59. The number of carbonyl (C=O) groups is 1. The number of pyridine rings is 1. The zero-order valence-electron chi connectivity index (χ0n) is 12.2. The third-order valence-corrected chi connectivity index (χ3v) is 5.22. The minimum absolute atomic E-state index is 0.301. The molecule has 1 N–H and O–H groups in total. The van der Waals surface area contributed by atoms with E-state index in [2.05, 4.69) is 10.3 Å². The van der Waals surface area contributed by atoms with Gasteiger partial charge in [-0.1, -0.05) is 0 Å². The van der Waals surface area contributed by atoms with E-state index in [9.17, 15) is 13.2 Å². The van der Waals surface area contributed by atoms with Crippen LogP contribution in [0.2, 0.25) is 0 Å². The highest BCUT2D eigenvalue weighted by atomic mass is 32.2. The molecule has 0 radical (unpaired) electrons. The summed E-state index contributed by atoms with van der Waals surface area (Å²) in [6.45, 7) is 3.70. The molecule has 1 aromatic heterocycles. The maximum atomic E-state index is 12.0. The third-order valence-electron chi connectivity index (χ3n) is 3.48. The van der Waals surface area contributed by atoms with Crippen molar-refractivity contribution >= 4 is 15.9 Å². The number of nitrogens with one attached hydrogen (secondary N) is 1. The zero-order valence-corrected chi connectivity index (χ0v) is 13.0. The minimum atomic E-state index is -3.18. The van der Waals surface area contributed by atoms with E-state index in [1.54, 1.807) is 33.3 Å². The number of aromatic nitrogens is 1. The molecule has 2 atom stereocenters. The van der Waals surface area contributed by atoms with Crippen molar-refractivity contribution in [2.45, 2.75) is 31.7 Å². The first-order valence-corrected chi connectivity index (χ1v) is 8.27. The van der Waals surface area contributed by atoms with Gasteiger partial charge in [0.05, 0.1) is 5.25 Å². The van der Waals surface area contributed by atoms with Crippen LogP contribution in [0.4, 0.5) is 4.79 Å². The first kappa shape index (κ1) is 16.4. The van der Waals surface area contributed by atoms with E-state index in [1.807, 2.05) is 12.1 Å². The number of rotatable bonds is 5. The van der Waals surface area contributed by atoms with Gasteiger partial charge in [0, 0.05) is 38.3 Å². The molecule has 0 saturated heterocycles. The fourth-order valence-corrected chi connectivity index (χ4v) is 2.56. The Bertz CT molecular complexity index is 545. The molecule has 0 aliphatic heterocycles. The number of urea groups is 1. The van der Waals surface area contributed by atoms with Gasteiger partial charge in [0.15, 0.2) is 9.84 Å². The van der Waals surface area contributed by atoms with Crippen molar-refractivity contribution in [3.63, 3.8) is 0 Å². The number of hydrogen-bond donors (Lipinski definition) is 1. The standard InChI is InChI=1S/C13H21N3O3S/c1-10(11(2)20(4,18)19)16(3)13(17)15-9-12-5-7-14-8-6-12/h5-8,10-11H,9H2,1-4H3,(H,15,17)/t10-,11+/m1/s1. The zero-order chi connectivity index (χ0) is 15.3. The lowest BCUT2D eigenvalue weighted by Crippen LogP contribution is -2.48. The summed E-state index contributed by atoms with van der Waals surface area (Å²) in [5.41, 5.74) is 0.936. The smallest absolute Gasteiger partial charge is 0.317 e. The first-order valence-electron chi connectivity index (χ1n) is 6.32. The molecule has 1 aromatic rings. The number of hydrogen-bond acceptors (Lipinski definition) is 4. The van der Waals surface area contributed by atoms with Crippen molar-refractivity contribution in [2.24, 2.45) is 0 Å². The summed E-state index contributed by atoms with van der Waals surface area (Å²) < 4.78 is 23.0. The van der Waals surface area contributed by atoms with Crippen LogP contribution in [0, 0.1) is 0 Å². The molecule has 0 aliphatic carbocycles. The van der Waals surface area contributed by atoms with E-state index < -0.39 is 21.1 Å². The molecule has 0 bridgehead atoms. The average molecular weight is 299 g/mol. The molecule has 7 heteroatoms. The molecule has 0 saturated carbocycles. The SMILES string of the molecule is C[C@H]([C@H](C)S(C)(=O)=O)N(C)C(=O)NCc1ccncc1. The lowest BCUT2D eigenvalue weighted by atomic mass is 10.2. The molecule has 0 aromatic carbocycles. The largest absolute Gasteiger partial charge is 0.334 e. The second-order valence-corrected chi connectivity index (χ2v) is 7.30. The van der Waals surface area contributed by atoms with Crippen molar-refractivity contribution in [1.29, 1.82) is 0 Å². The number of nitrogens with zero attached hydrogens (tertiary/aromatic N) is 2. The fourth-order valence-electron chi connectivity index (χ4n) is 1.66. The highest BCUT2D eigenvalue weighted by Crippen LogP contribution is 2.10. The topological polar surface area (TPSA) is 79.4 Å². The Morgan fingerprint density at radius 2 is 1.90 bits per heavy atom. The molecule has 6 nitrogen and oxygen atoms in total. The normalized spacial score (nSPS) is 14.4. The average Bonchev–Trinajstić information content (AvgIpc) is 2.42. The predicted molar refractivity (Wildman–Crippen MR) is 78.0 cm³/mol. The van der Waals surface area contributed by atoms with E-state index in [0.717, 1.165) is 5.56 Å². The summed E-state index contributed by atoms with van der Waals surface area (Å²) in [4.78, 5) is 17.3. The Balaban J connectivity index is 2.59. The predicted octanol–water partition coefficient (Wildman–Crippen LogP) is 1.04. The van der Waals surface area contributed by atoms with E-state index in [-0.39, 0.29) is 6.03 Å². The van der Waals surface area contributed by atoms with Gasteiger partial charge < -0.3 is 10.2 Å². The summed E-state index contributed by atoms with van der Waals surface area (Å²) in [5.74, 6) is 0. The Morgan fingerprint density at radius 1 is 1.35 bits per heavy atom. The van der Waals surface area contributed by atoms with Crippen molar-refractivity contribution in [3.8, 4) is 0 Å². The summed E-state index contributed by atoms with van der Waals surface area (Å²) >= 11 is 0. The van der Waals surface area contributed by atoms with Gasteiger partial charge >= 0.3 is 6.03 Å². The molecule has 0 fully saturated rings. The Labute approximate surface area is 120 Å². The molecular weight excluding hydrogens is 278 g/mol. The molecule has 0 spiro atoms. The van der Waals surface area contributed by atoms with Crippen LogP contribution in [0.3, 0.4) is 0 Å². The molecule has 112 valence electrons. The lowest BCUT2D eigenvalue weighted by molar-refractivity contribution is 0.193. The molecule has 1 rings (SSSR count). The van der Waals surface area contributed by atoms with Crippen molar-refractivity contribution in [1.82, 2.24) is 15.2 Å². The molecule has 20 heavy (non-hydrogen) atoms. The maximum absolute atomic E-state index is 12.0. The van der Waals surface area contributed by atoms with E-state index in [0.29, 0.717) is 6.54 Å². The van der Waals surface area contributed by atoms with Crippen LogP contribution in [-0.2, 0) is 16.4 Å². The van der Waals surface area contributed by atoms with Gasteiger partial charge in [-0.25, -0.2) is 13.2 Å². The Morgan fingerprint density at radius 3 is 2.40 bits per heavy atom. The summed E-state index contributed by atoms with van der Waals surface area (Å²) in [5, 5.41) is 2.14. The molecule has 1 heterocycles. The minimum Gasteiger partial charge on any atom is -0.334 e. The van der Waals surface area contributed by atoms with Gasteiger partial charge in [0.1, 0.15) is 0 Å². The van der Waals surface area contributed by atoms with Crippen LogP contribution in [-0.4, -0.2) is 48.9 Å². The van der Waals surface area contributed by atoms with Crippen LogP contribution in [0.5, 0.6) is 0 Å². The van der Waals surface area contributed by atoms with E-state index in [4.69, 9.17) is 0 Å². The quantitative estimate of drug-likeness (QED) is 0.881.